The zero-order valence-corrected chi connectivity index (χ0v) is 8.21. The summed E-state index contributed by atoms with van der Waals surface area (Å²) in [6.07, 6.45) is 0.504. The summed E-state index contributed by atoms with van der Waals surface area (Å²) in [5, 5.41) is -0.610. The number of primary amides is 1. The van der Waals surface area contributed by atoms with Crippen molar-refractivity contribution in [3.8, 4) is 0 Å². The number of rotatable bonds is 3. The maximum Gasteiger partial charge on any atom is 0.235 e. The van der Waals surface area contributed by atoms with Crippen LogP contribution in [0.3, 0.4) is 0 Å². The summed E-state index contributed by atoms with van der Waals surface area (Å²) in [6, 6.07) is 7.81. The molecule has 0 aliphatic heterocycles. The van der Waals surface area contributed by atoms with E-state index in [0.717, 1.165) is 11.1 Å². The number of hydrogen-bond acceptors (Lipinski definition) is 1. The van der Waals surface area contributed by atoms with Crippen LogP contribution in [-0.4, -0.2) is 11.3 Å². The molecule has 0 radical (unpaired) electrons. The Hall–Kier alpha value is -1.02. The molecule has 3 heteroatoms. The molecule has 70 valence electrons. The van der Waals surface area contributed by atoms with Crippen molar-refractivity contribution in [2.24, 2.45) is 5.73 Å². The van der Waals surface area contributed by atoms with E-state index < -0.39 is 11.3 Å². The van der Waals surface area contributed by atoms with Gasteiger partial charge in [-0.25, -0.2) is 0 Å². The lowest BCUT2D eigenvalue weighted by Crippen LogP contribution is -2.25. The van der Waals surface area contributed by atoms with Gasteiger partial charge in [-0.1, -0.05) is 24.3 Å². The fraction of sp³-hybridized carbons (Fsp3) is 0.300. The Kier molecular flexibility index (Phi) is 3.32. The van der Waals surface area contributed by atoms with Crippen LogP contribution >= 0.6 is 11.6 Å². The van der Waals surface area contributed by atoms with Gasteiger partial charge in [0.05, 0.1) is 0 Å². The first-order valence-electron chi connectivity index (χ1n) is 4.09. The Morgan fingerprint density at radius 1 is 1.54 bits per heavy atom. The Bertz CT molecular complexity index is 312. The normalized spacial score (nSPS) is 12.5. The molecule has 1 rings (SSSR count). The second-order valence-corrected chi connectivity index (χ2v) is 3.53. The molecule has 1 atom stereocenters. The van der Waals surface area contributed by atoms with Gasteiger partial charge < -0.3 is 5.73 Å². The van der Waals surface area contributed by atoms with Crippen LogP contribution in [0.4, 0.5) is 0 Å². The van der Waals surface area contributed by atoms with E-state index in [-0.39, 0.29) is 0 Å². The van der Waals surface area contributed by atoms with E-state index in [1.165, 1.54) is 0 Å². The molecule has 1 amide bonds. The van der Waals surface area contributed by atoms with Crippen LogP contribution in [0.15, 0.2) is 24.3 Å². The molecule has 0 aliphatic carbocycles. The highest BCUT2D eigenvalue weighted by Gasteiger charge is 2.12. The van der Waals surface area contributed by atoms with E-state index in [9.17, 15) is 4.79 Å². The van der Waals surface area contributed by atoms with Crippen molar-refractivity contribution in [3.63, 3.8) is 0 Å². The molecule has 0 aromatic heterocycles. The van der Waals surface area contributed by atoms with Gasteiger partial charge in [0.1, 0.15) is 5.38 Å². The van der Waals surface area contributed by atoms with E-state index in [4.69, 9.17) is 17.3 Å². The van der Waals surface area contributed by atoms with Crippen LogP contribution in [0.1, 0.15) is 11.1 Å². The van der Waals surface area contributed by atoms with Gasteiger partial charge in [-0.05, 0) is 24.5 Å². The molecule has 1 aromatic carbocycles. The predicted octanol–water partition coefficient (Wildman–Crippen LogP) is 1.63. The van der Waals surface area contributed by atoms with Gasteiger partial charge in [-0.2, -0.15) is 0 Å². The molecule has 0 saturated heterocycles. The van der Waals surface area contributed by atoms with Crippen LogP contribution in [0, 0.1) is 6.92 Å². The van der Waals surface area contributed by atoms with Crippen molar-refractivity contribution in [3.05, 3.63) is 35.4 Å². The molecule has 0 spiro atoms. The van der Waals surface area contributed by atoms with Crippen LogP contribution in [0.2, 0.25) is 0 Å². The minimum Gasteiger partial charge on any atom is -0.368 e. The number of hydrogen-bond donors (Lipinski definition) is 1. The SMILES string of the molecule is Cc1ccccc1CC(Cl)C(N)=O. The number of benzene rings is 1. The third-order valence-corrected chi connectivity index (χ3v) is 2.34. The number of aryl methyl sites for hydroxylation is 1. The fourth-order valence-corrected chi connectivity index (χ4v) is 1.30. The minimum absolute atomic E-state index is 0.468. The average molecular weight is 198 g/mol. The lowest BCUT2D eigenvalue weighted by Gasteiger charge is -2.07. The maximum atomic E-state index is 10.7. The van der Waals surface area contributed by atoms with E-state index in [0.29, 0.717) is 6.42 Å². The van der Waals surface area contributed by atoms with E-state index >= 15 is 0 Å². The molecule has 2 nitrogen and oxygen atoms in total. The van der Waals surface area contributed by atoms with Crippen molar-refractivity contribution in [2.75, 3.05) is 0 Å². The van der Waals surface area contributed by atoms with E-state index in [1.807, 2.05) is 31.2 Å². The molecule has 0 bridgehead atoms. The third kappa shape index (κ3) is 2.74. The third-order valence-electron chi connectivity index (χ3n) is 1.97. The molecule has 1 aromatic rings. The second kappa shape index (κ2) is 4.28. The van der Waals surface area contributed by atoms with Crippen molar-refractivity contribution < 1.29 is 4.79 Å². The summed E-state index contributed by atoms with van der Waals surface area (Å²) in [6.45, 7) is 1.99. The zero-order valence-electron chi connectivity index (χ0n) is 7.46. The molecule has 2 N–H and O–H groups in total. The van der Waals surface area contributed by atoms with Gasteiger partial charge in [0.15, 0.2) is 0 Å². The molecule has 13 heavy (non-hydrogen) atoms. The minimum atomic E-state index is -0.610. The monoisotopic (exact) mass is 197 g/mol. The maximum absolute atomic E-state index is 10.7. The smallest absolute Gasteiger partial charge is 0.235 e. The number of carbonyl (C=O) groups is 1. The standard InChI is InChI=1S/C10H12ClNO/c1-7-4-2-3-5-8(7)6-9(11)10(12)13/h2-5,9H,6H2,1H3,(H2,12,13). The van der Waals surface area contributed by atoms with Crippen molar-refractivity contribution in [2.45, 2.75) is 18.7 Å². The first kappa shape index (κ1) is 10.1. The van der Waals surface area contributed by atoms with E-state index in [1.54, 1.807) is 0 Å². The van der Waals surface area contributed by atoms with Gasteiger partial charge in [-0.15, -0.1) is 11.6 Å². The number of nitrogens with two attached hydrogens (primary N) is 1. The van der Waals surface area contributed by atoms with Gasteiger partial charge in [0.25, 0.3) is 0 Å². The summed E-state index contributed by atoms with van der Waals surface area (Å²) in [7, 11) is 0. The Labute approximate surface area is 82.7 Å². The van der Waals surface area contributed by atoms with Crippen molar-refractivity contribution >= 4 is 17.5 Å². The molecule has 0 aliphatic rings. The molecular weight excluding hydrogens is 186 g/mol. The number of halogens is 1. The van der Waals surface area contributed by atoms with Crippen molar-refractivity contribution in [1.82, 2.24) is 0 Å². The van der Waals surface area contributed by atoms with Gasteiger partial charge in [0, 0.05) is 0 Å². The van der Waals surface area contributed by atoms with Gasteiger partial charge >= 0.3 is 0 Å². The summed E-state index contributed by atoms with van der Waals surface area (Å²) in [5.41, 5.74) is 7.27. The van der Waals surface area contributed by atoms with Gasteiger partial charge in [-0.3, -0.25) is 4.79 Å². The summed E-state index contributed by atoms with van der Waals surface area (Å²) >= 11 is 5.75. The van der Waals surface area contributed by atoms with Crippen LogP contribution in [-0.2, 0) is 11.2 Å². The zero-order chi connectivity index (χ0) is 9.84. The first-order valence-corrected chi connectivity index (χ1v) is 4.53. The summed E-state index contributed by atoms with van der Waals surface area (Å²) < 4.78 is 0. The topological polar surface area (TPSA) is 43.1 Å². The highest BCUT2D eigenvalue weighted by atomic mass is 35.5. The van der Waals surface area contributed by atoms with Gasteiger partial charge in [0.2, 0.25) is 5.91 Å². The number of alkyl halides is 1. The largest absolute Gasteiger partial charge is 0.368 e. The van der Waals surface area contributed by atoms with Crippen LogP contribution in [0.5, 0.6) is 0 Å². The Morgan fingerprint density at radius 2 is 2.15 bits per heavy atom. The highest BCUT2D eigenvalue weighted by molar-refractivity contribution is 6.30. The second-order valence-electron chi connectivity index (χ2n) is 3.00. The lowest BCUT2D eigenvalue weighted by atomic mass is 10.0. The summed E-state index contributed by atoms with van der Waals surface area (Å²) in [4.78, 5) is 10.7. The Balaban J connectivity index is 2.74. The highest BCUT2D eigenvalue weighted by Crippen LogP contribution is 2.12. The lowest BCUT2D eigenvalue weighted by molar-refractivity contribution is -0.117. The Morgan fingerprint density at radius 3 is 2.69 bits per heavy atom. The van der Waals surface area contributed by atoms with Crippen molar-refractivity contribution in [1.29, 1.82) is 0 Å². The summed E-state index contributed by atoms with van der Waals surface area (Å²) in [5.74, 6) is -0.468. The van der Waals surface area contributed by atoms with Crippen LogP contribution in [0.25, 0.3) is 0 Å². The van der Waals surface area contributed by atoms with E-state index in [2.05, 4.69) is 0 Å². The average Bonchev–Trinajstić information content (AvgIpc) is 2.08. The predicted molar refractivity (Wildman–Crippen MR) is 53.7 cm³/mol. The molecule has 0 fully saturated rings. The first-order chi connectivity index (χ1) is 6.11. The molecule has 0 saturated carbocycles. The quantitative estimate of drug-likeness (QED) is 0.736. The number of amides is 1. The number of carbonyl (C=O) groups excluding carboxylic acids is 1. The molecular formula is C10H12ClNO. The molecule has 0 heterocycles. The van der Waals surface area contributed by atoms with Crippen LogP contribution < -0.4 is 5.73 Å². The molecule has 1 unspecified atom stereocenters. The fourth-order valence-electron chi connectivity index (χ4n) is 1.13.